The quantitative estimate of drug-likeness (QED) is 0.598. The molecule has 27 heavy (non-hydrogen) atoms. The molecule has 1 aromatic carbocycles. The molecule has 0 spiro atoms. The van der Waals surface area contributed by atoms with E-state index in [1.807, 2.05) is 20.8 Å². The zero-order valence-corrected chi connectivity index (χ0v) is 17.4. The highest BCUT2D eigenvalue weighted by molar-refractivity contribution is 6.35. The predicted octanol–water partition coefficient (Wildman–Crippen LogP) is 5.19. The van der Waals surface area contributed by atoms with Crippen LogP contribution in [0.15, 0.2) is 18.3 Å². The summed E-state index contributed by atoms with van der Waals surface area (Å²) in [4.78, 5) is 13.0. The Morgan fingerprint density at radius 3 is 2.30 bits per heavy atom. The maximum Gasteiger partial charge on any atom is 0.164 e. The van der Waals surface area contributed by atoms with Gasteiger partial charge in [0.05, 0.1) is 31.0 Å². The van der Waals surface area contributed by atoms with E-state index in [9.17, 15) is 0 Å². The third kappa shape index (κ3) is 4.01. The van der Waals surface area contributed by atoms with Crippen LogP contribution in [-0.2, 0) is 6.42 Å². The first kappa shape index (κ1) is 21.0. The maximum atomic E-state index is 6.55. The molecule has 0 unspecified atom stereocenters. The van der Waals surface area contributed by atoms with Gasteiger partial charge in [0.1, 0.15) is 22.5 Å². The average molecular weight is 409 g/mol. The number of fused-ring (bicyclic) bond motifs is 1. The van der Waals surface area contributed by atoms with E-state index in [2.05, 4.69) is 15.0 Å². The van der Waals surface area contributed by atoms with Crippen molar-refractivity contribution in [2.24, 2.45) is 0 Å². The van der Waals surface area contributed by atoms with Crippen LogP contribution < -0.4 is 15.2 Å². The van der Waals surface area contributed by atoms with E-state index in [-0.39, 0.29) is 0 Å². The smallest absolute Gasteiger partial charge is 0.164 e. The Morgan fingerprint density at radius 2 is 1.70 bits per heavy atom. The van der Waals surface area contributed by atoms with Gasteiger partial charge in [-0.25, -0.2) is 15.0 Å². The molecule has 0 aliphatic heterocycles. The van der Waals surface area contributed by atoms with Gasteiger partial charge in [-0.3, -0.25) is 0 Å². The molecule has 6 nitrogen and oxygen atoms in total. The van der Waals surface area contributed by atoms with Crippen molar-refractivity contribution in [3.8, 4) is 22.9 Å². The highest BCUT2D eigenvalue weighted by Crippen LogP contribution is 2.42. The van der Waals surface area contributed by atoms with E-state index in [4.69, 9.17) is 38.4 Å². The fourth-order valence-corrected chi connectivity index (χ4v) is 3.19. The summed E-state index contributed by atoms with van der Waals surface area (Å²) in [6, 6.07) is 3.38. The molecule has 0 fully saturated rings. The third-order valence-electron chi connectivity index (χ3n) is 3.89. The zero-order valence-electron chi connectivity index (χ0n) is 15.9. The lowest BCUT2D eigenvalue weighted by Crippen LogP contribution is -2.03. The molecular formula is C19H22Cl2N4O2. The Hall–Kier alpha value is -2.31. The van der Waals surface area contributed by atoms with Crippen LogP contribution in [0.2, 0.25) is 10.2 Å². The number of halogens is 2. The predicted molar refractivity (Wildman–Crippen MR) is 111 cm³/mol. The fraction of sp³-hybridized carbons (Fsp3) is 0.316. The molecule has 0 saturated carbocycles. The van der Waals surface area contributed by atoms with Crippen LogP contribution >= 0.6 is 23.2 Å². The van der Waals surface area contributed by atoms with Crippen LogP contribution in [0.3, 0.4) is 0 Å². The lowest BCUT2D eigenvalue weighted by atomic mass is 10.0. The van der Waals surface area contributed by atoms with Crippen LogP contribution in [0.4, 0.5) is 5.82 Å². The molecule has 0 aliphatic rings. The van der Waals surface area contributed by atoms with Gasteiger partial charge in [0, 0.05) is 22.6 Å². The molecule has 0 amide bonds. The monoisotopic (exact) mass is 408 g/mol. The molecule has 8 heteroatoms. The largest absolute Gasteiger partial charge is 0.496 e. The number of nitrogens with zero attached hydrogens (tertiary/aromatic N) is 3. The summed E-state index contributed by atoms with van der Waals surface area (Å²) in [6.07, 6.45) is 2.22. The van der Waals surface area contributed by atoms with Crippen LogP contribution in [0.5, 0.6) is 11.5 Å². The van der Waals surface area contributed by atoms with Gasteiger partial charge in [-0.1, -0.05) is 44.0 Å². The maximum absolute atomic E-state index is 6.55. The number of nitrogens with two attached hydrogens (primary N) is 1. The summed E-state index contributed by atoms with van der Waals surface area (Å²) in [7, 11) is 3.13. The van der Waals surface area contributed by atoms with Crippen molar-refractivity contribution in [3.05, 3.63) is 34.1 Å². The Bertz CT molecular complexity index is 964. The van der Waals surface area contributed by atoms with Crippen molar-refractivity contribution in [1.82, 2.24) is 15.0 Å². The van der Waals surface area contributed by atoms with Crippen molar-refractivity contribution in [2.75, 3.05) is 20.0 Å². The number of pyridine rings is 1. The van der Waals surface area contributed by atoms with Gasteiger partial charge in [0.2, 0.25) is 0 Å². The standard InChI is InChI=1S/C17H16Cl2N4O2.C2H6/c1-4-8-11(24-2)6-12(25-3)15(19)14(8)17-22-10-7-21-13(18)5-9(10)16(20)23-17;1-2/h5-7H,4H2,1-3H3,(H2,20,22,23);1-2H3. The molecular weight excluding hydrogens is 387 g/mol. The number of ether oxygens (including phenoxy) is 2. The molecule has 144 valence electrons. The minimum absolute atomic E-state index is 0.296. The first-order valence-corrected chi connectivity index (χ1v) is 9.28. The van der Waals surface area contributed by atoms with E-state index in [0.29, 0.717) is 56.2 Å². The summed E-state index contributed by atoms with van der Waals surface area (Å²) < 4.78 is 10.8. The third-order valence-corrected chi connectivity index (χ3v) is 4.47. The van der Waals surface area contributed by atoms with Crippen molar-refractivity contribution in [3.63, 3.8) is 0 Å². The van der Waals surface area contributed by atoms with E-state index in [1.54, 1.807) is 25.4 Å². The first-order chi connectivity index (χ1) is 13.0. The number of hydrogen-bond acceptors (Lipinski definition) is 6. The minimum atomic E-state index is 0.296. The van der Waals surface area contributed by atoms with Crippen molar-refractivity contribution in [1.29, 1.82) is 0 Å². The van der Waals surface area contributed by atoms with Gasteiger partial charge < -0.3 is 15.2 Å². The Morgan fingerprint density at radius 1 is 1.04 bits per heavy atom. The lowest BCUT2D eigenvalue weighted by Gasteiger charge is -2.17. The minimum Gasteiger partial charge on any atom is -0.496 e. The Balaban J connectivity index is 0.00000126. The second-order valence-corrected chi connectivity index (χ2v) is 6.02. The van der Waals surface area contributed by atoms with Gasteiger partial charge >= 0.3 is 0 Å². The molecule has 0 saturated heterocycles. The molecule has 3 aromatic rings. The molecule has 0 aliphatic carbocycles. The summed E-state index contributed by atoms with van der Waals surface area (Å²) in [6.45, 7) is 6.00. The molecule has 0 radical (unpaired) electrons. The number of rotatable bonds is 4. The average Bonchev–Trinajstić information content (AvgIpc) is 2.69. The highest BCUT2D eigenvalue weighted by Gasteiger charge is 2.21. The van der Waals surface area contributed by atoms with Gasteiger partial charge in [-0.2, -0.15) is 0 Å². The normalized spacial score (nSPS) is 10.3. The fourth-order valence-electron chi connectivity index (χ4n) is 2.71. The molecule has 0 bridgehead atoms. The van der Waals surface area contributed by atoms with E-state index >= 15 is 0 Å². The van der Waals surface area contributed by atoms with Gasteiger partial charge in [-0.15, -0.1) is 0 Å². The summed E-state index contributed by atoms with van der Waals surface area (Å²) >= 11 is 12.5. The molecule has 3 rings (SSSR count). The zero-order chi connectivity index (χ0) is 20.1. The van der Waals surface area contributed by atoms with Crippen LogP contribution in [0.1, 0.15) is 26.3 Å². The van der Waals surface area contributed by atoms with E-state index in [0.717, 1.165) is 5.56 Å². The number of methoxy groups -OCH3 is 2. The van der Waals surface area contributed by atoms with Gasteiger partial charge in [0.25, 0.3) is 0 Å². The van der Waals surface area contributed by atoms with Crippen molar-refractivity contribution >= 4 is 39.9 Å². The molecule has 2 aromatic heterocycles. The van der Waals surface area contributed by atoms with E-state index < -0.39 is 0 Å². The highest BCUT2D eigenvalue weighted by atomic mass is 35.5. The lowest BCUT2D eigenvalue weighted by molar-refractivity contribution is 0.392. The molecule has 2 heterocycles. The number of hydrogen-bond donors (Lipinski definition) is 1. The SMILES string of the molecule is CC.CCc1c(OC)cc(OC)c(Cl)c1-c1nc(N)c2cc(Cl)ncc2n1. The van der Waals surface area contributed by atoms with Crippen molar-refractivity contribution < 1.29 is 9.47 Å². The van der Waals surface area contributed by atoms with Crippen LogP contribution in [-0.4, -0.2) is 29.2 Å². The molecule has 2 N–H and O–H groups in total. The van der Waals surface area contributed by atoms with Crippen LogP contribution in [0, 0.1) is 0 Å². The Labute approximate surface area is 168 Å². The van der Waals surface area contributed by atoms with Gasteiger partial charge in [-0.05, 0) is 12.5 Å². The molecule has 0 atom stereocenters. The number of benzene rings is 1. The van der Waals surface area contributed by atoms with Crippen molar-refractivity contribution in [2.45, 2.75) is 27.2 Å². The number of aromatic nitrogens is 3. The summed E-state index contributed by atoms with van der Waals surface area (Å²) in [5, 5.41) is 1.36. The van der Waals surface area contributed by atoms with Gasteiger partial charge in [0.15, 0.2) is 5.82 Å². The van der Waals surface area contributed by atoms with Crippen LogP contribution in [0.25, 0.3) is 22.3 Å². The second kappa shape index (κ2) is 9.06. The Kier molecular flexibility index (Phi) is 7.05. The second-order valence-electron chi connectivity index (χ2n) is 5.26. The summed E-state index contributed by atoms with van der Waals surface area (Å²) in [5.74, 6) is 1.80. The van der Waals surface area contributed by atoms with E-state index in [1.165, 1.54) is 7.11 Å². The topological polar surface area (TPSA) is 83.2 Å². The number of anilines is 1. The first-order valence-electron chi connectivity index (χ1n) is 8.52. The summed E-state index contributed by atoms with van der Waals surface area (Å²) in [5.41, 5.74) is 8.18. The number of nitrogen functional groups attached to an aromatic ring is 1.